The van der Waals surface area contributed by atoms with Crippen LogP contribution in [0.25, 0.3) is 21.7 Å². The van der Waals surface area contributed by atoms with Crippen molar-refractivity contribution in [1.29, 1.82) is 0 Å². The van der Waals surface area contributed by atoms with Crippen molar-refractivity contribution in [3.05, 3.63) is 54.0 Å². The first-order valence-electron chi connectivity index (χ1n) is 8.29. The molecule has 1 aliphatic rings. The van der Waals surface area contributed by atoms with Crippen LogP contribution in [0.2, 0.25) is 0 Å². The number of pyridine rings is 1. The van der Waals surface area contributed by atoms with E-state index in [1.807, 2.05) is 48.1 Å². The highest BCUT2D eigenvalue weighted by Gasteiger charge is 2.17. The van der Waals surface area contributed by atoms with Gasteiger partial charge in [0.2, 0.25) is 6.79 Å². The number of benzene rings is 2. The van der Waals surface area contributed by atoms with Crippen LogP contribution in [-0.2, 0) is 6.54 Å². The second kappa shape index (κ2) is 5.29. The minimum atomic E-state index is 0.0842. The Hall–Kier alpha value is -3.41. The molecule has 1 aliphatic heterocycles. The van der Waals surface area contributed by atoms with Gasteiger partial charge >= 0.3 is 0 Å². The predicted octanol–water partition coefficient (Wildman–Crippen LogP) is 3.69. The van der Waals surface area contributed by atoms with Crippen molar-refractivity contribution < 1.29 is 19.7 Å². The number of rotatable bonds is 2. The average molecular weight is 348 g/mol. The number of nitrogens with zero attached hydrogens (tertiary/aromatic N) is 2. The van der Waals surface area contributed by atoms with Crippen LogP contribution in [0.3, 0.4) is 0 Å². The highest BCUT2D eigenvalue weighted by Crippen LogP contribution is 2.41. The molecule has 3 heterocycles. The molecule has 0 aliphatic carbocycles. The smallest absolute Gasteiger partial charge is 0.231 e. The number of hydrogen-bond acceptors (Lipinski definition) is 5. The Bertz CT molecular complexity index is 1180. The highest BCUT2D eigenvalue weighted by molar-refractivity contribution is 6.09. The van der Waals surface area contributed by atoms with Gasteiger partial charge in [0.15, 0.2) is 17.2 Å². The van der Waals surface area contributed by atoms with Crippen molar-refractivity contribution in [1.82, 2.24) is 9.55 Å². The van der Waals surface area contributed by atoms with Gasteiger partial charge in [-0.05, 0) is 36.8 Å². The van der Waals surface area contributed by atoms with E-state index >= 15 is 0 Å². The summed E-state index contributed by atoms with van der Waals surface area (Å²) in [5.41, 5.74) is 2.23. The lowest BCUT2D eigenvalue weighted by atomic mass is 10.1. The number of ether oxygens (including phenoxy) is 2. The second-order valence-electron chi connectivity index (χ2n) is 6.49. The van der Waals surface area contributed by atoms with Crippen molar-refractivity contribution in [2.45, 2.75) is 13.5 Å². The lowest BCUT2D eigenvalue weighted by Crippen LogP contribution is -1.96. The molecule has 0 bridgehead atoms. The fourth-order valence-corrected chi connectivity index (χ4v) is 3.43. The van der Waals surface area contributed by atoms with Gasteiger partial charge in [-0.15, -0.1) is 0 Å². The fraction of sp³-hybridized carbons (Fsp3) is 0.150. The molecule has 0 saturated carbocycles. The molecule has 2 aromatic heterocycles. The van der Waals surface area contributed by atoms with Crippen LogP contribution >= 0.6 is 0 Å². The second-order valence-corrected chi connectivity index (χ2v) is 6.49. The number of phenols is 2. The van der Waals surface area contributed by atoms with Gasteiger partial charge in [-0.1, -0.05) is 6.07 Å². The first kappa shape index (κ1) is 14.9. The molecule has 0 saturated heterocycles. The molecule has 4 aromatic rings. The standard InChI is InChI=1S/C20H16N2O4/c1-11-2-4-13-18(21-11)20(24)15-9-22(8-14(15)19(13)23)7-12-3-5-16-17(6-12)26-10-25-16/h2-6,8-9,23-24H,7,10H2,1H3. The van der Waals surface area contributed by atoms with E-state index in [4.69, 9.17) is 9.47 Å². The molecule has 6 heteroatoms. The maximum atomic E-state index is 10.6. The van der Waals surface area contributed by atoms with Crippen LogP contribution in [0.5, 0.6) is 23.0 Å². The molecule has 0 atom stereocenters. The van der Waals surface area contributed by atoms with Crippen LogP contribution in [0.1, 0.15) is 11.3 Å². The lowest BCUT2D eigenvalue weighted by molar-refractivity contribution is 0.174. The summed E-state index contributed by atoms with van der Waals surface area (Å²) in [5.74, 6) is 1.69. The van der Waals surface area contributed by atoms with Gasteiger partial charge in [0.1, 0.15) is 11.3 Å². The molecular formula is C20H16N2O4. The minimum absolute atomic E-state index is 0.0842. The summed E-state index contributed by atoms with van der Waals surface area (Å²) in [6.45, 7) is 2.67. The molecule has 0 spiro atoms. The third-order valence-corrected chi connectivity index (χ3v) is 4.71. The summed E-state index contributed by atoms with van der Waals surface area (Å²) < 4.78 is 12.7. The Morgan fingerprint density at radius 2 is 1.73 bits per heavy atom. The number of aryl methyl sites for hydroxylation is 1. The summed E-state index contributed by atoms with van der Waals surface area (Å²) >= 11 is 0. The summed E-state index contributed by atoms with van der Waals surface area (Å²) in [7, 11) is 0. The lowest BCUT2D eigenvalue weighted by Gasteiger charge is -2.06. The molecule has 6 nitrogen and oxygen atoms in total. The summed E-state index contributed by atoms with van der Waals surface area (Å²) in [6, 6.07) is 9.39. The molecular weight excluding hydrogens is 332 g/mol. The summed E-state index contributed by atoms with van der Waals surface area (Å²) in [6.07, 6.45) is 3.65. The highest BCUT2D eigenvalue weighted by atomic mass is 16.7. The van der Waals surface area contributed by atoms with E-state index in [2.05, 4.69) is 4.98 Å². The van der Waals surface area contributed by atoms with E-state index < -0.39 is 0 Å². The molecule has 26 heavy (non-hydrogen) atoms. The van der Waals surface area contributed by atoms with Gasteiger partial charge in [-0.2, -0.15) is 0 Å². The maximum Gasteiger partial charge on any atom is 0.231 e. The normalized spacial score (nSPS) is 13.0. The van der Waals surface area contributed by atoms with Gasteiger partial charge in [-0.25, -0.2) is 4.98 Å². The van der Waals surface area contributed by atoms with Crippen molar-refractivity contribution >= 4 is 21.7 Å². The third-order valence-electron chi connectivity index (χ3n) is 4.71. The van der Waals surface area contributed by atoms with Gasteiger partial charge in [-0.3, -0.25) is 0 Å². The number of hydrogen-bond donors (Lipinski definition) is 2. The number of phenolic OH excluding ortho intramolecular Hbond substituents is 2. The molecule has 2 aromatic carbocycles. The van der Waals surface area contributed by atoms with E-state index in [0.29, 0.717) is 28.2 Å². The van der Waals surface area contributed by atoms with E-state index in [9.17, 15) is 10.2 Å². The minimum Gasteiger partial charge on any atom is -0.507 e. The summed E-state index contributed by atoms with van der Waals surface area (Å²) in [4.78, 5) is 4.37. The third kappa shape index (κ3) is 2.15. The van der Waals surface area contributed by atoms with Crippen LogP contribution in [0.15, 0.2) is 42.7 Å². The molecule has 0 fully saturated rings. The molecule has 0 radical (unpaired) electrons. The number of aromatic hydroxyl groups is 2. The maximum absolute atomic E-state index is 10.6. The largest absolute Gasteiger partial charge is 0.507 e. The Labute approximate surface area is 148 Å². The SMILES string of the molecule is Cc1ccc2c(O)c3cn(Cc4ccc5c(c4)OCO5)cc3c(O)c2n1. The first-order chi connectivity index (χ1) is 12.6. The number of aromatic nitrogens is 2. The van der Waals surface area contributed by atoms with Crippen LogP contribution in [0.4, 0.5) is 0 Å². The van der Waals surface area contributed by atoms with Crippen LogP contribution in [-0.4, -0.2) is 26.6 Å². The van der Waals surface area contributed by atoms with Crippen molar-refractivity contribution in [3.63, 3.8) is 0 Å². The molecule has 0 unspecified atom stereocenters. The van der Waals surface area contributed by atoms with E-state index in [0.717, 1.165) is 22.8 Å². The van der Waals surface area contributed by atoms with Crippen molar-refractivity contribution in [3.8, 4) is 23.0 Å². The fourth-order valence-electron chi connectivity index (χ4n) is 3.43. The summed E-state index contributed by atoms with van der Waals surface area (Å²) in [5, 5.41) is 23.0. The molecule has 2 N–H and O–H groups in total. The van der Waals surface area contributed by atoms with E-state index in [1.165, 1.54) is 0 Å². The topological polar surface area (TPSA) is 76.7 Å². The van der Waals surface area contributed by atoms with Crippen molar-refractivity contribution in [2.24, 2.45) is 0 Å². The Morgan fingerprint density at radius 1 is 0.962 bits per heavy atom. The first-order valence-corrected chi connectivity index (χ1v) is 8.29. The Kier molecular flexibility index (Phi) is 3.03. The number of fused-ring (bicyclic) bond motifs is 3. The van der Waals surface area contributed by atoms with Gasteiger partial charge in [0.25, 0.3) is 0 Å². The van der Waals surface area contributed by atoms with Crippen LogP contribution in [0, 0.1) is 6.92 Å². The van der Waals surface area contributed by atoms with Crippen molar-refractivity contribution in [2.75, 3.05) is 6.79 Å². The Balaban J connectivity index is 1.62. The Morgan fingerprint density at radius 3 is 2.58 bits per heavy atom. The average Bonchev–Trinajstić information content (AvgIpc) is 3.26. The zero-order valence-electron chi connectivity index (χ0n) is 14.1. The molecule has 5 rings (SSSR count). The van der Waals surface area contributed by atoms with Gasteiger partial charge in [0.05, 0.1) is 0 Å². The van der Waals surface area contributed by atoms with E-state index in [1.54, 1.807) is 6.07 Å². The quantitative estimate of drug-likeness (QED) is 0.540. The molecule has 130 valence electrons. The van der Waals surface area contributed by atoms with Gasteiger partial charge in [0, 0.05) is 40.8 Å². The van der Waals surface area contributed by atoms with E-state index in [-0.39, 0.29) is 18.3 Å². The zero-order chi connectivity index (χ0) is 17.8. The van der Waals surface area contributed by atoms with Crippen LogP contribution < -0.4 is 9.47 Å². The molecule has 0 amide bonds. The zero-order valence-corrected chi connectivity index (χ0v) is 14.1. The van der Waals surface area contributed by atoms with Gasteiger partial charge < -0.3 is 24.3 Å². The predicted molar refractivity (Wildman–Crippen MR) is 97.0 cm³/mol. The monoisotopic (exact) mass is 348 g/mol.